The quantitative estimate of drug-likeness (QED) is 0.650. The number of esters is 1. The lowest BCUT2D eigenvalue weighted by molar-refractivity contribution is 0.0526. The molecule has 0 saturated carbocycles. The highest BCUT2D eigenvalue weighted by Gasteiger charge is 2.09. The molecule has 1 aromatic heterocycles. The van der Waals surface area contributed by atoms with Gasteiger partial charge in [0.1, 0.15) is 0 Å². The van der Waals surface area contributed by atoms with Gasteiger partial charge in [-0.25, -0.2) is 4.79 Å². The van der Waals surface area contributed by atoms with E-state index in [1.807, 2.05) is 11.4 Å². The molecule has 0 unspecified atom stereocenters. The average molecular weight is 276 g/mol. The molecule has 0 aliphatic carbocycles. The van der Waals surface area contributed by atoms with Crippen molar-refractivity contribution < 1.29 is 9.53 Å². The van der Waals surface area contributed by atoms with Crippen LogP contribution in [0, 0.1) is 0 Å². The lowest BCUT2D eigenvalue weighted by atomic mass is 10.1. The Bertz CT molecular complexity index is 553. The summed E-state index contributed by atoms with van der Waals surface area (Å²) in [5.74, 6) is -0.332. The van der Waals surface area contributed by atoms with Gasteiger partial charge in [-0.3, -0.25) is 0 Å². The predicted molar refractivity (Wildman–Crippen MR) is 78.5 cm³/mol. The minimum atomic E-state index is -0.332. The molecule has 1 aromatic carbocycles. The summed E-state index contributed by atoms with van der Waals surface area (Å²) in [6.45, 7) is 2.83. The minimum absolute atomic E-state index is 0.332. The molecule has 100 valence electrons. The van der Waals surface area contributed by atoms with Crippen LogP contribution in [0.4, 0.5) is 11.4 Å². The van der Waals surface area contributed by atoms with Gasteiger partial charge in [-0.1, -0.05) is 0 Å². The minimum Gasteiger partial charge on any atom is -0.462 e. The number of ether oxygens (including phenoxy) is 1. The first-order valence-corrected chi connectivity index (χ1v) is 6.96. The first-order chi connectivity index (χ1) is 9.20. The molecule has 2 rings (SSSR count). The van der Waals surface area contributed by atoms with Crippen molar-refractivity contribution >= 4 is 28.7 Å². The van der Waals surface area contributed by atoms with E-state index in [0.29, 0.717) is 24.4 Å². The van der Waals surface area contributed by atoms with E-state index in [0.717, 1.165) is 5.69 Å². The Hall–Kier alpha value is -2.01. The van der Waals surface area contributed by atoms with Crippen LogP contribution in [0.15, 0.2) is 35.0 Å². The number of thiophene rings is 1. The standard InChI is InChI=1S/C14H16N2O2S/c1-2-18-14(17)11-3-4-12(15)13(7-11)16-8-10-5-6-19-9-10/h3-7,9,16H,2,8,15H2,1H3. The monoisotopic (exact) mass is 276 g/mol. The van der Waals surface area contributed by atoms with Crippen molar-refractivity contribution in [3.63, 3.8) is 0 Å². The van der Waals surface area contributed by atoms with Gasteiger partial charge in [0.05, 0.1) is 23.5 Å². The molecule has 5 heteroatoms. The number of hydrogen-bond donors (Lipinski definition) is 2. The van der Waals surface area contributed by atoms with Crippen LogP contribution in [0.5, 0.6) is 0 Å². The Morgan fingerprint density at radius 2 is 2.26 bits per heavy atom. The zero-order valence-corrected chi connectivity index (χ0v) is 11.5. The van der Waals surface area contributed by atoms with Crippen LogP contribution in [0.25, 0.3) is 0 Å². The first-order valence-electron chi connectivity index (χ1n) is 6.02. The van der Waals surface area contributed by atoms with E-state index in [1.54, 1.807) is 36.5 Å². The Morgan fingerprint density at radius 3 is 2.95 bits per heavy atom. The van der Waals surface area contributed by atoms with Gasteiger partial charge in [-0.2, -0.15) is 11.3 Å². The molecule has 0 bridgehead atoms. The second-order valence-electron chi connectivity index (χ2n) is 4.01. The molecule has 0 radical (unpaired) electrons. The maximum Gasteiger partial charge on any atom is 0.338 e. The van der Waals surface area contributed by atoms with Crippen molar-refractivity contribution in [3.8, 4) is 0 Å². The van der Waals surface area contributed by atoms with Crippen LogP contribution < -0.4 is 11.1 Å². The lowest BCUT2D eigenvalue weighted by Crippen LogP contribution is -2.07. The molecule has 0 aliphatic rings. The molecular formula is C14H16N2O2S. The second-order valence-corrected chi connectivity index (χ2v) is 4.79. The van der Waals surface area contributed by atoms with Crippen LogP contribution in [0.3, 0.4) is 0 Å². The van der Waals surface area contributed by atoms with Crippen molar-refractivity contribution in [1.29, 1.82) is 0 Å². The van der Waals surface area contributed by atoms with Gasteiger partial charge in [-0.15, -0.1) is 0 Å². The number of nitrogens with two attached hydrogens (primary N) is 1. The summed E-state index contributed by atoms with van der Waals surface area (Å²) < 4.78 is 4.97. The van der Waals surface area contributed by atoms with Gasteiger partial charge < -0.3 is 15.8 Å². The molecule has 1 heterocycles. The van der Waals surface area contributed by atoms with Crippen LogP contribution in [0.1, 0.15) is 22.8 Å². The number of carbonyl (C=O) groups is 1. The normalized spacial score (nSPS) is 10.2. The molecule has 0 atom stereocenters. The molecule has 0 amide bonds. The van der Waals surface area contributed by atoms with E-state index in [4.69, 9.17) is 10.5 Å². The highest BCUT2D eigenvalue weighted by molar-refractivity contribution is 7.07. The highest BCUT2D eigenvalue weighted by atomic mass is 32.1. The topological polar surface area (TPSA) is 64.3 Å². The average Bonchev–Trinajstić information content (AvgIpc) is 2.91. The van der Waals surface area contributed by atoms with E-state index >= 15 is 0 Å². The molecule has 2 aromatic rings. The summed E-state index contributed by atoms with van der Waals surface area (Å²) >= 11 is 1.65. The maximum absolute atomic E-state index is 11.7. The van der Waals surface area contributed by atoms with Crippen molar-refractivity contribution in [1.82, 2.24) is 0 Å². The molecule has 0 aliphatic heterocycles. The SMILES string of the molecule is CCOC(=O)c1ccc(N)c(NCc2ccsc2)c1. The second kappa shape index (κ2) is 6.24. The van der Waals surface area contributed by atoms with Crippen molar-refractivity contribution in [3.05, 3.63) is 46.2 Å². The number of benzene rings is 1. The number of carbonyl (C=O) groups excluding carboxylic acids is 1. The number of hydrogen-bond acceptors (Lipinski definition) is 5. The van der Waals surface area contributed by atoms with Crippen LogP contribution in [0.2, 0.25) is 0 Å². The van der Waals surface area contributed by atoms with E-state index < -0.39 is 0 Å². The van der Waals surface area contributed by atoms with Crippen molar-refractivity contribution in [2.45, 2.75) is 13.5 Å². The Balaban J connectivity index is 2.10. The molecule has 0 saturated heterocycles. The summed E-state index contributed by atoms with van der Waals surface area (Å²) in [4.78, 5) is 11.7. The molecule has 3 N–H and O–H groups in total. The Labute approximate surface area is 116 Å². The summed E-state index contributed by atoms with van der Waals surface area (Å²) in [7, 11) is 0. The van der Waals surface area contributed by atoms with Crippen LogP contribution in [-0.4, -0.2) is 12.6 Å². The smallest absolute Gasteiger partial charge is 0.338 e. The zero-order valence-electron chi connectivity index (χ0n) is 10.7. The third-order valence-corrected chi connectivity index (χ3v) is 3.36. The van der Waals surface area contributed by atoms with E-state index in [2.05, 4.69) is 10.7 Å². The van der Waals surface area contributed by atoms with Crippen LogP contribution >= 0.6 is 11.3 Å². The summed E-state index contributed by atoms with van der Waals surface area (Å²) in [6, 6.07) is 7.15. The first kappa shape index (κ1) is 13.4. The summed E-state index contributed by atoms with van der Waals surface area (Å²) in [5.41, 5.74) is 8.94. The van der Waals surface area contributed by atoms with Crippen molar-refractivity contribution in [2.75, 3.05) is 17.7 Å². The van der Waals surface area contributed by atoms with E-state index in [1.165, 1.54) is 5.56 Å². The number of nitrogen functional groups attached to an aromatic ring is 1. The van der Waals surface area contributed by atoms with Gasteiger partial charge in [0.2, 0.25) is 0 Å². The van der Waals surface area contributed by atoms with Gasteiger partial charge in [0, 0.05) is 6.54 Å². The zero-order chi connectivity index (χ0) is 13.7. The van der Waals surface area contributed by atoms with Gasteiger partial charge >= 0.3 is 5.97 Å². The highest BCUT2D eigenvalue weighted by Crippen LogP contribution is 2.21. The van der Waals surface area contributed by atoms with Gasteiger partial charge in [0.15, 0.2) is 0 Å². The molecule has 19 heavy (non-hydrogen) atoms. The van der Waals surface area contributed by atoms with E-state index in [9.17, 15) is 4.79 Å². The predicted octanol–water partition coefficient (Wildman–Crippen LogP) is 3.12. The Kier molecular flexibility index (Phi) is 4.41. The van der Waals surface area contributed by atoms with E-state index in [-0.39, 0.29) is 5.97 Å². The van der Waals surface area contributed by atoms with Gasteiger partial charge in [0.25, 0.3) is 0 Å². The third-order valence-electron chi connectivity index (χ3n) is 2.63. The fourth-order valence-electron chi connectivity index (χ4n) is 1.64. The third kappa shape index (κ3) is 3.48. The molecule has 0 fully saturated rings. The molecule has 0 spiro atoms. The summed E-state index contributed by atoms with van der Waals surface area (Å²) in [6.07, 6.45) is 0. The Morgan fingerprint density at radius 1 is 1.42 bits per heavy atom. The van der Waals surface area contributed by atoms with Crippen LogP contribution in [-0.2, 0) is 11.3 Å². The fourth-order valence-corrected chi connectivity index (χ4v) is 2.31. The maximum atomic E-state index is 11.7. The summed E-state index contributed by atoms with van der Waals surface area (Å²) in [5, 5.41) is 7.32. The lowest BCUT2D eigenvalue weighted by Gasteiger charge is -2.10. The molecular weight excluding hydrogens is 260 g/mol. The van der Waals surface area contributed by atoms with Gasteiger partial charge in [-0.05, 0) is 47.5 Å². The fraction of sp³-hybridized carbons (Fsp3) is 0.214. The number of nitrogens with one attached hydrogen (secondary N) is 1. The number of rotatable bonds is 5. The molecule has 4 nitrogen and oxygen atoms in total. The largest absolute Gasteiger partial charge is 0.462 e. The number of anilines is 2. The van der Waals surface area contributed by atoms with Crippen molar-refractivity contribution in [2.24, 2.45) is 0 Å².